The third kappa shape index (κ3) is 8.84. The molecule has 0 bridgehead atoms. The van der Waals surface area contributed by atoms with Crippen molar-refractivity contribution in [3.05, 3.63) is 0 Å². The molecule has 0 aliphatic rings. The van der Waals surface area contributed by atoms with Gasteiger partial charge in [0.25, 0.3) is 0 Å². The zero-order chi connectivity index (χ0) is 4.12. The monoisotopic (exact) mass is 122 g/mol. The number of hydrogen-bond acceptors (Lipinski definition) is 2. The normalized spacial score (nSPS) is 6.17. The summed E-state index contributed by atoms with van der Waals surface area (Å²) in [4.78, 5) is 9.24. The van der Waals surface area contributed by atoms with Crippen LogP contribution in [0, 0.1) is 0 Å². The first-order chi connectivity index (χ1) is 2.41. The van der Waals surface area contributed by atoms with E-state index in [-0.39, 0.29) is 34.7 Å². The molecule has 0 aromatic heterocycles. The molecule has 0 saturated heterocycles. The van der Waals surface area contributed by atoms with Gasteiger partial charge in [-0.15, -0.1) is 0 Å². The Morgan fingerprint density at radius 1 is 1.67 bits per heavy atom. The summed E-state index contributed by atoms with van der Waals surface area (Å²) >= 11 is 0. The molecule has 34 valence electrons. The van der Waals surface area contributed by atoms with Gasteiger partial charge in [0.1, 0.15) is 6.29 Å². The van der Waals surface area contributed by atoms with Gasteiger partial charge < -0.3 is 9.90 Å². The van der Waals surface area contributed by atoms with Gasteiger partial charge in [0.2, 0.25) is 0 Å². The fourth-order valence-electron chi connectivity index (χ4n) is 0.0527. The zero-order valence-corrected chi connectivity index (χ0v) is 4.91. The molecule has 0 radical (unpaired) electrons. The summed E-state index contributed by atoms with van der Waals surface area (Å²) in [7, 11) is 0. The van der Waals surface area contributed by atoms with Gasteiger partial charge in [-0.1, -0.05) is 0 Å². The average molecular weight is 122 g/mol. The van der Waals surface area contributed by atoms with E-state index in [0.29, 0.717) is 6.29 Å². The number of hydrogen-bond donors (Lipinski definition) is 1. The van der Waals surface area contributed by atoms with Gasteiger partial charge in [-0.05, 0) is 0 Å². The van der Waals surface area contributed by atoms with E-state index in [1.807, 2.05) is 0 Å². The van der Waals surface area contributed by atoms with E-state index in [0.717, 1.165) is 0 Å². The van der Waals surface area contributed by atoms with Crippen LogP contribution in [0.3, 0.4) is 0 Å². The zero-order valence-electron chi connectivity index (χ0n) is 3.35. The summed E-state index contributed by atoms with van der Waals surface area (Å²) in [5, 5.41) is 7.84. The van der Waals surface area contributed by atoms with Crippen molar-refractivity contribution in [2.75, 3.05) is 6.61 Å². The standard InChI is InChI=1S/C3H6O2.Ti/c4-2-1-3-5;/h2,5H,1,3H2;. The number of aliphatic hydroxyl groups is 1. The van der Waals surface area contributed by atoms with E-state index >= 15 is 0 Å². The minimum atomic E-state index is -0.0243. The Labute approximate surface area is 51.4 Å². The molecule has 0 unspecified atom stereocenters. The molecule has 0 aliphatic carbocycles. The van der Waals surface area contributed by atoms with E-state index in [9.17, 15) is 4.79 Å². The summed E-state index contributed by atoms with van der Waals surface area (Å²) in [5.74, 6) is 0. The Kier molecular flexibility index (Phi) is 14.4. The molecule has 0 saturated carbocycles. The molecule has 1 N–H and O–H groups in total. The van der Waals surface area contributed by atoms with Gasteiger partial charge >= 0.3 is 0 Å². The molecule has 0 aromatic carbocycles. The minimum Gasteiger partial charge on any atom is -0.396 e. The molecular formula is C3H6O2Ti. The second kappa shape index (κ2) is 9.02. The van der Waals surface area contributed by atoms with Gasteiger partial charge in [-0.2, -0.15) is 0 Å². The van der Waals surface area contributed by atoms with Crippen LogP contribution in [0.25, 0.3) is 0 Å². The van der Waals surface area contributed by atoms with Crippen molar-refractivity contribution in [3.63, 3.8) is 0 Å². The topological polar surface area (TPSA) is 37.3 Å². The third-order valence-electron chi connectivity index (χ3n) is 0.247. The molecule has 0 aliphatic heterocycles. The molecule has 0 amide bonds. The maximum Gasteiger partial charge on any atom is 0.122 e. The summed E-state index contributed by atoms with van der Waals surface area (Å²) < 4.78 is 0. The summed E-state index contributed by atoms with van der Waals surface area (Å²) in [6.45, 7) is -0.0243. The summed E-state index contributed by atoms with van der Waals surface area (Å²) in [6, 6.07) is 0. The smallest absolute Gasteiger partial charge is 0.122 e. The molecule has 6 heavy (non-hydrogen) atoms. The first kappa shape index (κ1) is 9.60. The molecule has 3 heteroatoms. The number of aliphatic hydroxyl groups excluding tert-OH is 1. The molecule has 0 aromatic rings. The van der Waals surface area contributed by atoms with Crippen LogP contribution in [0.1, 0.15) is 6.42 Å². The predicted molar refractivity (Wildman–Crippen MR) is 17.8 cm³/mol. The van der Waals surface area contributed by atoms with Crippen molar-refractivity contribution < 1.29 is 31.6 Å². The Morgan fingerprint density at radius 3 is 2.17 bits per heavy atom. The second-order valence-corrected chi connectivity index (χ2v) is 0.679. The van der Waals surface area contributed by atoms with Gasteiger partial charge in [-0.25, -0.2) is 0 Å². The van der Waals surface area contributed by atoms with Crippen molar-refractivity contribution >= 4 is 6.29 Å². The molecule has 2 nitrogen and oxygen atoms in total. The van der Waals surface area contributed by atoms with Crippen LogP contribution in [0.2, 0.25) is 0 Å². The first-order valence-corrected chi connectivity index (χ1v) is 1.46. The number of carbonyl (C=O) groups excluding carboxylic acids is 1. The van der Waals surface area contributed by atoms with Crippen LogP contribution in [0.4, 0.5) is 0 Å². The van der Waals surface area contributed by atoms with Crippen molar-refractivity contribution in [2.24, 2.45) is 0 Å². The van der Waals surface area contributed by atoms with E-state index in [1.165, 1.54) is 0 Å². The molecule has 0 atom stereocenters. The summed E-state index contributed by atoms with van der Waals surface area (Å²) in [5.41, 5.74) is 0. The molecule has 0 rings (SSSR count). The minimum absolute atomic E-state index is 0. The van der Waals surface area contributed by atoms with Crippen molar-refractivity contribution in [1.82, 2.24) is 0 Å². The second-order valence-electron chi connectivity index (χ2n) is 0.679. The predicted octanol–water partition coefficient (Wildman–Crippen LogP) is -0.435. The van der Waals surface area contributed by atoms with Crippen molar-refractivity contribution in [1.29, 1.82) is 0 Å². The van der Waals surface area contributed by atoms with E-state index < -0.39 is 0 Å². The van der Waals surface area contributed by atoms with Gasteiger partial charge in [0.05, 0.1) is 0 Å². The largest absolute Gasteiger partial charge is 0.396 e. The third-order valence-corrected chi connectivity index (χ3v) is 0.247. The molecule has 0 spiro atoms. The Morgan fingerprint density at radius 2 is 2.17 bits per heavy atom. The van der Waals surface area contributed by atoms with E-state index in [4.69, 9.17) is 5.11 Å². The quantitative estimate of drug-likeness (QED) is 0.398. The van der Waals surface area contributed by atoms with Crippen LogP contribution >= 0.6 is 0 Å². The maximum atomic E-state index is 9.24. The van der Waals surface area contributed by atoms with Crippen LogP contribution in [0.5, 0.6) is 0 Å². The van der Waals surface area contributed by atoms with Crippen molar-refractivity contribution in [3.8, 4) is 0 Å². The first-order valence-electron chi connectivity index (χ1n) is 1.46. The molecule has 0 heterocycles. The van der Waals surface area contributed by atoms with Crippen LogP contribution in [-0.2, 0) is 26.5 Å². The Balaban J connectivity index is 0. The van der Waals surface area contributed by atoms with Gasteiger partial charge in [-0.3, -0.25) is 0 Å². The van der Waals surface area contributed by atoms with Gasteiger partial charge in [0.15, 0.2) is 0 Å². The summed E-state index contributed by atoms with van der Waals surface area (Å²) in [6.07, 6.45) is 0.944. The number of aldehydes is 1. The van der Waals surface area contributed by atoms with E-state index in [2.05, 4.69) is 0 Å². The van der Waals surface area contributed by atoms with Crippen molar-refractivity contribution in [2.45, 2.75) is 6.42 Å². The van der Waals surface area contributed by atoms with Crippen LogP contribution in [-0.4, -0.2) is 18.0 Å². The fraction of sp³-hybridized carbons (Fsp3) is 0.667. The number of rotatable bonds is 2. The van der Waals surface area contributed by atoms with Crippen LogP contribution < -0.4 is 0 Å². The fourth-order valence-corrected chi connectivity index (χ4v) is 0.0527. The van der Waals surface area contributed by atoms with Crippen LogP contribution in [0.15, 0.2) is 0 Å². The molecule has 0 fully saturated rings. The SMILES string of the molecule is O=CCCO.[Ti]. The number of carbonyl (C=O) groups is 1. The Bertz CT molecular complexity index is 30.0. The average Bonchev–Trinajstić information content (AvgIpc) is 1.41. The maximum absolute atomic E-state index is 9.24. The Hall–Kier alpha value is 0.344. The van der Waals surface area contributed by atoms with Gasteiger partial charge in [0, 0.05) is 34.7 Å². The molecular weight excluding hydrogens is 116 g/mol. The van der Waals surface area contributed by atoms with E-state index in [1.54, 1.807) is 0 Å².